The molecule has 0 spiro atoms. The second-order valence-corrected chi connectivity index (χ2v) is 32.9. The molecule has 0 bridgehead atoms. The summed E-state index contributed by atoms with van der Waals surface area (Å²) in [5.74, 6) is 0.214. The van der Waals surface area contributed by atoms with Crippen molar-refractivity contribution in [1.29, 1.82) is 0 Å². The number of H-pyrrole nitrogens is 2. The maximum Gasteiger partial charge on any atom is 0.263 e. The second-order valence-electron chi connectivity index (χ2n) is 31.3. The summed E-state index contributed by atoms with van der Waals surface area (Å²) >= 11 is 7.89. The van der Waals surface area contributed by atoms with Crippen molar-refractivity contribution in [3.63, 3.8) is 0 Å². The average molecular weight is 1430 g/mol. The topological polar surface area (TPSA) is 136 Å². The first kappa shape index (κ1) is 71.6. The summed E-state index contributed by atoms with van der Waals surface area (Å²) < 4.78 is 3.86. The van der Waals surface area contributed by atoms with Crippen LogP contribution in [0.4, 0.5) is 0 Å². The third kappa shape index (κ3) is 15.1. The minimum absolute atomic E-state index is 0.107. The van der Waals surface area contributed by atoms with Crippen molar-refractivity contribution < 1.29 is 0 Å². The van der Waals surface area contributed by atoms with Crippen molar-refractivity contribution in [2.75, 3.05) is 0 Å². The molecule has 7 aromatic carbocycles. The van der Waals surface area contributed by atoms with Gasteiger partial charge in [0, 0.05) is 43.6 Å². The van der Waals surface area contributed by atoms with Crippen LogP contribution in [0.15, 0.2) is 76.7 Å². The van der Waals surface area contributed by atoms with Crippen molar-refractivity contribution in [2.24, 2.45) is 11.8 Å². The molecule has 2 atom stereocenters. The number of unbranched alkanes of at least 4 members (excludes halogenated alkanes) is 24. The highest BCUT2D eigenvalue weighted by Gasteiger charge is 2.32. The molecule has 0 saturated heterocycles. The molecule has 4 aromatic heterocycles. The summed E-state index contributed by atoms with van der Waals surface area (Å²) in [6.45, 7) is 23.1. The zero-order chi connectivity index (χ0) is 68.0. The number of aromatic nitrogens is 6. The SMILES string of the molecule is CCCCCCCCCCC(CCCCCCCC)Cn1c(=O)c2c(Br)c(Br)c3c(=O)n(CC(CCCCCCCC)CCCCCCCCCC)c(=O)c4c5[nH]c6cc7nc8c9cc(C(C)(C)C)cc%10ccc%11cc(C(C)(C)C)cc(c8nc7cc6[nH]c5c(c1=O)c2c34)c%11c%109. The van der Waals surface area contributed by atoms with Gasteiger partial charge in [-0.1, -0.05) is 273 Å². The highest BCUT2D eigenvalue weighted by Crippen LogP contribution is 2.46. The van der Waals surface area contributed by atoms with Crippen LogP contribution in [-0.2, 0) is 23.9 Å². The number of hydrogen-bond acceptors (Lipinski definition) is 6. The van der Waals surface area contributed by atoms with Gasteiger partial charge < -0.3 is 9.97 Å². The molecule has 0 saturated carbocycles. The molecule has 0 aliphatic carbocycles. The van der Waals surface area contributed by atoms with Gasteiger partial charge in [-0.15, -0.1) is 0 Å². The van der Waals surface area contributed by atoms with Crippen molar-refractivity contribution in [3.8, 4) is 0 Å². The molecule has 0 fully saturated rings. The number of nitrogens with zero attached hydrogens (tertiary/aromatic N) is 4. The number of aromatic amines is 2. The lowest BCUT2D eigenvalue weighted by Crippen LogP contribution is -2.38. The third-order valence-corrected chi connectivity index (χ3v) is 23.9. The van der Waals surface area contributed by atoms with Gasteiger partial charge in [0.15, 0.2) is 0 Å². The summed E-state index contributed by atoms with van der Waals surface area (Å²) in [6, 6.07) is 17.9. The molecule has 96 heavy (non-hydrogen) atoms. The molecule has 0 aliphatic rings. The fraction of sp³-hybridized carbons (Fsp3) is 0.571. The second kappa shape index (κ2) is 31.6. The van der Waals surface area contributed by atoms with Crippen LogP contribution in [0.3, 0.4) is 0 Å². The largest absolute Gasteiger partial charge is 0.351 e. The average Bonchev–Trinajstić information content (AvgIpc) is 0.688. The van der Waals surface area contributed by atoms with Gasteiger partial charge in [0.25, 0.3) is 22.2 Å². The summed E-state index contributed by atoms with van der Waals surface area (Å²) in [5.41, 5.74) is 5.73. The van der Waals surface area contributed by atoms with Gasteiger partial charge in [0.2, 0.25) is 0 Å². The van der Waals surface area contributed by atoms with E-state index in [2.05, 4.69) is 147 Å². The van der Waals surface area contributed by atoms with Crippen LogP contribution >= 0.6 is 31.9 Å². The monoisotopic (exact) mass is 1420 g/mol. The normalized spacial score (nSPS) is 13.5. The number of fused-ring (bicyclic) bond motifs is 8. The lowest BCUT2D eigenvalue weighted by Gasteiger charge is -2.24. The number of halogens is 2. The Balaban J connectivity index is 1.14. The Bertz CT molecular complexity index is 4490. The van der Waals surface area contributed by atoms with Crippen LogP contribution in [0.1, 0.15) is 286 Å². The van der Waals surface area contributed by atoms with Crippen LogP contribution in [-0.4, -0.2) is 29.1 Å². The first-order valence-electron chi connectivity index (χ1n) is 38.0. The summed E-state index contributed by atoms with van der Waals surface area (Å²) in [5, 5.41) is 8.69. The highest BCUT2D eigenvalue weighted by atomic mass is 79.9. The Morgan fingerprint density at radius 1 is 0.375 bits per heavy atom. The van der Waals surface area contributed by atoms with E-state index in [4.69, 9.17) is 9.97 Å². The lowest BCUT2D eigenvalue weighted by molar-refractivity contribution is 0.350. The van der Waals surface area contributed by atoms with E-state index in [0.29, 0.717) is 74.4 Å². The van der Waals surface area contributed by atoms with E-state index < -0.39 is 22.2 Å². The van der Waals surface area contributed by atoms with E-state index >= 15 is 19.2 Å². The van der Waals surface area contributed by atoms with Gasteiger partial charge in [-0.25, -0.2) is 9.97 Å². The Morgan fingerprint density at radius 2 is 0.667 bits per heavy atom. The van der Waals surface area contributed by atoms with Gasteiger partial charge in [-0.05, 0) is 137 Å². The Labute approximate surface area is 586 Å². The molecule has 11 aromatic rings. The van der Waals surface area contributed by atoms with E-state index in [1.54, 1.807) is 0 Å². The van der Waals surface area contributed by atoms with Crippen LogP contribution in [0.2, 0.25) is 0 Å². The molecule has 0 amide bonds. The van der Waals surface area contributed by atoms with Crippen molar-refractivity contribution in [3.05, 3.63) is 110 Å². The first-order chi connectivity index (χ1) is 46.3. The third-order valence-electron chi connectivity index (χ3n) is 21.8. The summed E-state index contributed by atoms with van der Waals surface area (Å²) in [7, 11) is 0. The standard InChI is InChI=1S/C84H110Br2N6O4/c1-11-15-19-23-27-29-33-37-41-53(39-35-31-25-21-17-13-3)51-91-79(93)69-67-68-70(74(86)73(69)85)80(94)92(52-54(40-36-32-26-22-18-14-4)42-38-34-30-28-24-20-16-12-2)82(96)72(68)78-77(71(67)81(91)95)89-63-49-61-62(50-64(63)90-78)88-76-60-48-58(84(8,9)10)46-56-44-43-55-45-57(83(5,6)7)47-59(75(76)87-61)65(55)66(56)60/h43-50,53-54,89-90H,11-42,51-52H2,1-10H3. The van der Waals surface area contributed by atoms with E-state index in [9.17, 15) is 0 Å². The molecule has 514 valence electrons. The molecule has 2 unspecified atom stereocenters. The number of hydrogen-bond donors (Lipinski definition) is 2. The molecule has 0 aliphatic heterocycles. The maximum absolute atomic E-state index is 16.2. The van der Waals surface area contributed by atoms with Crippen LogP contribution in [0, 0.1) is 11.8 Å². The fourth-order valence-corrected chi connectivity index (χ4v) is 17.2. The van der Waals surface area contributed by atoms with Crippen molar-refractivity contribution >= 4 is 141 Å². The zero-order valence-corrected chi connectivity index (χ0v) is 63.2. The lowest BCUT2D eigenvalue weighted by atomic mass is 9.80. The predicted octanol–water partition coefficient (Wildman–Crippen LogP) is 24.5. The maximum atomic E-state index is 16.2. The molecular weight excluding hydrogens is 1320 g/mol. The van der Waals surface area contributed by atoms with Gasteiger partial charge in [-0.3, -0.25) is 28.3 Å². The minimum atomic E-state index is -0.413. The molecule has 10 nitrogen and oxygen atoms in total. The number of pyridine rings is 2. The van der Waals surface area contributed by atoms with Crippen LogP contribution < -0.4 is 22.2 Å². The van der Waals surface area contributed by atoms with Crippen molar-refractivity contribution in [2.45, 2.75) is 299 Å². The zero-order valence-electron chi connectivity index (χ0n) is 60.0. The number of rotatable bonds is 36. The van der Waals surface area contributed by atoms with Gasteiger partial charge in [0.1, 0.15) is 0 Å². The van der Waals surface area contributed by atoms with E-state index in [0.717, 1.165) is 98.9 Å². The number of benzene rings is 7. The molecule has 12 heteroatoms. The first-order valence-corrected chi connectivity index (χ1v) is 39.6. The Kier molecular flexibility index (Phi) is 23.6. The predicted molar refractivity (Wildman–Crippen MR) is 419 cm³/mol. The van der Waals surface area contributed by atoms with Crippen molar-refractivity contribution in [1.82, 2.24) is 29.1 Å². The highest BCUT2D eigenvalue weighted by molar-refractivity contribution is 9.13. The molecule has 0 radical (unpaired) electrons. The fourth-order valence-electron chi connectivity index (χ4n) is 16.1. The molecule has 4 heterocycles. The Morgan fingerprint density at radius 3 is 0.969 bits per heavy atom. The van der Waals surface area contributed by atoms with E-state index in [1.165, 1.54) is 170 Å². The van der Waals surface area contributed by atoms with Gasteiger partial charge in [-0.2, -0.15) is 0 Å². The van der Waals surface area contributed by atoms with E-state index in [1.807, 2.05) is 12.1 Å². The van der Waals surface area contributed by atoms with Gasteiger partial charge >= 0.3 is 0 Å². The van der Waals surface area contributed by atoms with Crippen LogP contribution in [0.25, 0.3) is 109 Å². The summed E-state index contributed by atoms with van der Waals surface area (Å²) in [4.78, 5) is 82.9. The van der Waals surface area contributed by atoms with Gasteiger partial charge in [0.05, 0.1) is 65.7 Å². The quantitative estimate of drug-likeness (QED) is 0.0228. The molecular formula is C84H110Br2N6O4. The molecule has 11 rings (SSSR count). The molecule has 2 N–H and O–H groups in total. The minimum Gasteiger partial charge on any atom is -0.351 e. The smallest absolute Gasteiger partial charge is 0.263 e. The van der Waals surface area contributed by atoms with Crippen LogP contribution in [0.5, 0.6) is 0 Å². The summed E-state index contributed by atoms with van der Waals surface area (Å²) in [6.07, 6.45) is 37.0. The van der Waals surface area contributed by atoms with E-state index in [-0.39, 0.29) is 35.8 Å². The Hall–Kier alpha value is -5.72. The number of nitrogens with one attached hydrogen (secondary N) is 2.